The van der Waals surface area contributed by atoms with E-state index >= 15 is 0 Å². The van der Waals surface area contributed by atoms with Crippen LogP contribution in [0.15, 0.2) is 34.1 Å². The SMILES string of the molecule is O=C(CNOCc1ccco1)NC1C(=O)N2C(C(=O)O)=C(CO)CSC12. The van der Waals surface area contributed by atoms with Gasteiger partial charge in [-0.15, -0.1) is 11.8 Å². The van der Waals surface area contributed by atoms with Crippen LogP contribution in [-0.4, -0.2) is 63.2 Å². The number of carboxylic acids is 1. The molecule has 10 nitrogen and oxygen atoms in total. The molecule has 0 saturated carbocycles. The molecule has 0 aliphatic carbocycles. The lowest BCUT2D eigenvalue weighted by Crippen LogP contribution is -2.71. The summed E-state index contributed by atoms with van der Waals surface area (Å²) in [7, 11) is 0. The Kier molecular flexibility index (Phi) is 5.61. The van der Waals surface area contributed by atoms with E-state index in [0.29, 0.717) is 5.76 Å². The zero-order valence-electron chi connectivity index (χ0n) is 13.5. The summed E-state index contributed by atoms with van der Waals surface area (Å²) in [6, 6.07) is 2.62. The topological polar surface area (TPSA) is 141 Å². The Morgan fingerprint density at radius 3 is 2.92 bits per heavy atom. The molecule has 4 N–H and O–H groups in total. The Bertz CT molecular complexity index is 734. The molecule has 11 heteroatoms. The number of nitrogens with one attached hydrogen (secondary N) is 2. The molecule has 2 amide bonds. The Labute approximate surface area is 152 Å². The minimum absolute atomic E-state index is 0.144. The van der Waals surface area contributed by atoms with Gasteiger partial charge in [-0.25, -0.2) is 4.79 Å². The van der Waals surface area contributed by atoms with Crippen LogP contribution < -0.4 is 10.8 Å². The minimum atomic E-state index is -1.27. The molecule has 3 heterocycles. The van der Waals surface area contributed by atoms with E-state index in [1.54, 1.807) is 12.1 Å². The molecule has 0 aromatic carbocycles. The van der Waals surface area contributed by atoms with Crippen molar-refractivity contribution >= 4 is 29.5 Å². The maximum Gasteiger partial charge on any atom is 0.352 e. The van der Waals surface area contributed by atoms with E-state index in [1.807, 2.05) is 0 Å². The first-order valence-corrected chi connectivity index (χ1v) is 8.75. The number of hydrogen-bond donors (Lipinski definition) is 4. The fraction of sp³-hybridized carbons (Fsp3) is 0.400. The van der Waals surface area contributed by atoms with Crippen molar-refractivity contribution in [3.63, 3.8) is 0 Å². The average Bonchev–Trinajstić information content (AvgIpc) is 3.15. The van der Waals surface area contributed by atoms with Crippen molar-refractivity contribution in [2.45, 2.75) is 18.0 Å². The number of furan rings is 1. The van der Waals surface area contributed by atoms with E-state index in [2.05, 4.69) is 10.8 Å². The van der Waals surface area contributed by atoms with Gasteiger partial charge < -0.3 is 19.9 Å². The number of carboxylic acid groups (broad SMARTS) is 1. The summed E-state index contributed by atoms with van der Waals surface area (Å²) in [4.78, 5) is 41.7. The van der Waals surface area contributed by atoms with E-state index in [-0.39, 0.29) is 30.2 Å². The van der Waals surface area contributed by atoms with Gasteiger partial charge in [-0.3, -0.25) is 19.3 Å². The van der Waals surface area contributed by atoms with Gasteiger partial charge >= 0.3 is 5.97 Å². The quantitative estimate of drug-likeness (QED) is 0.253. The van der Waals surface area contributed by atoms with Gasteiger partial charge in [0.05, 0.1) is 19.4 Å². The standard InChI is InChI=1S/C15H17N3O7S/c19-5-8-7-26-14-11(13(21)18(14)12(8)15(22)23)17-10(20)4-16-25-6-9-2-1-3-24-9/h1-3,11,14,16,19H,4-7H2,(H,17,20)(H,22,23). The van der Waals surface area contributed by atoms with Crippen molar-refractivity contribution in [1.29, 1.82) is 0 Å². The monoisotopic (exact) mass is 383 g/mol. The molecule has 1 aromatic rings. The van der Waals surface area contributed by atoms with E-state index in [4.69, 9.17) is 9.25 Å². The first kappa shape index (κ1) is 18.5. The second-order valence-corrected chi connectivity index (χ2v) is 6.66. The molecular formula is C15H17N3O7S. The zero-order valence-corrected chi connectivity index (χ0v) is 14.3. The molecule has 0 radical (unpaired) electrons. The van der Waals surface area contributed by atoms with Crippen LogP contribution in [0.25, 0.3) is 0 Å². The Morgan fingerprint density at radius 1 is 1.46 bits per heavy atom. The predicted molar refractivity (Wildman–Crippen MR) is 88.3 cm³/mol. The van der Waals surface area contributed by atoms with E-state index in [1.165, 1.54) is 18.0 Å². The smallest absolute Gasteiger partial charge is 0.352 e. The van der Waals surface area contributed by atoms with Gasteiger partial charge in [0, 0.05) is 5.75 Å². The number of fused-ring (bicyclic) bond motifs is 1. The number of aliphatic hydroxyl groups excluding tert-OH is 1. The molecule has 0 bridgehead atoms. The highest BCUT2D eigenvalue weighted by molar-refractivity contribution is 8.00. The van der Waals surface area contributed by atoms with Crippen molar-refractivity contribution in [3.8, 4) is 0 Å². The molecule has 2 aliphatic heterocycles. The number of hydroxylamine groups is 1. The van der Waals surface area contributed by atoms with Crippen LogP contribution in [0.4, 0.5) is 0 Å². The van der Waals surface area contributed by atoms with E-state index < -0.39 is 35.8 Å². The number of carbonyl (C=O) groups is 3. The molecule has 2 unspecified atom stereocenters. The Hall–Kier alpha value is -2.34. The molecule has 1 fully saturated rings. The van der Waals surface area contributed by atoms with Crippen LogP contribution in [-0.2, 0) is 25.8 Å². The second-order valence-electron chi connectivity index (χ2n) is 5.56. The van der Waals surface area contributed by atoms with Gasteiger partial charge in [0.2, 0.25) is 5.91 Å². The number of aliphatic carboxylic acids is 1. The first-order valence-electron chi connectivity index (χ1n) is 7.70. The highest BCUT2D eigenvalue weighted by Crippen LogP contribution is 2.40. The largest absolute Gasteiger partial charge is 0.477 e. The predicted octanol–water partition coefficient (Wildman–Crippen LogP) is -0.968. The molecule has 1 saturated heterocycles. The van der Waals surface area contributed by atoms with Crippen molar-refractivity contribution in [3.05, 3.63) is 35.4 Å². The maximum atomic E-state index is 12.2. The van der Waals surface area contributed by atoms with Crippen LogP contribution in [0.5, 0.6) is 0 Å². The van der Waals surface area contributed by atoms with Gasteiger partial charge in [0.1, 0.15) is 29.5 Å². The van der Waals surface area contributed by atoms with Crippen molar-refractivity contribution in [2.75, 3.05) is 18.9 Å². The van der Waals surface area contributed by atoms with E-state index in [9.17, 15) is 24.6 Å². The number of hydrogen-bond acceptors (Lipinski definition) is 8. The normalized spacial score (nSPS) is 22.0. The van der Waals surface area contributed by atoms with Crippen LogP contribution in [0, 0.1) is 0 Å². The molecule has 140 valence electrons. The summed E-state index contributed by atoms with van der Waals surface area (Å²) < 4.78 is 5.06. The van der Waals surface area contributed by atoms with Gasteiger partial charge in [-0.2, -0.15) is 5.48 Å². The molecular weight excluding hydrogens is 366 g/mol. The molecule has 0 spiro atoms. The fourth-order valence-corrected chi connectivity index (χ4v) is 4.00. The molecule has 1 aromatic heterocycles. The molecule has 26 heavy (non-hydrogen) atoms. The minimum Gasteiger partial charge on any atom is -0.477 e. The number of thioether (sulfide) groups is 1. The number of rotatable bonds is 8. The van der Waals surface area contributed by atoms with Crippen LogP contribution in [0.3, 0.4) is 0 Å². The highest BCUT2D eigenvalue weighted by Gasteiger charge is 2.54. The number of β-lactam (4-membered cyclic amide) rings is 1. The maximum absolute atomic E-state index is 12.2. The summed E-state index contributed by atoms with van der Waals surface area (Å²) in [6.07, 6.45) is 1.50. The van der Waals surface area contributed by atoms with Crippen molar-refractivity contribution < 1.29 is 33.9 Å². The Balaban J connectivity index is 1.49. The molecule has 3 rings (SSSR count). The Morgan fingerprint density at radius 2 is 2.27 bits per heavy atom. The molecule has 2 atom stereocenters. The van der Waals surface area contributed by atoms with Crippen LogP contribution in [0.1, 0.15) is 5.76 Å². The zero-order chi connectivity index (χ0) is 18.7. The van der Waals surface area contributed by atoms with Crippen LogP contribution in [0.2, 0.25) is 0 Å². The number of carbonyl (C=O) groups excluding carboxylic acids is 2. The fourth-order valence-electron chi connectivity index (χ4n) is 2.66. The third-order valence-electron chi connectivity index (χ3n) is 3.89. The first-order chi connectivity index (χ1) is 12.5. The van der Waals surface area contributed by atoms with Crippen molar-refractivity contribution in [1.82, 2.24) is 15.7 Å². The lowest BCUT2D eigenvalue weighted by atomic mass is 10.0. The molecule has 2 aliphatic rings. The third kappa shape index (κ3) is 3.60. The average molecular weight is 383 g/mol. The summed E-state index contributed by atoms with van der Waals surface area (Å²) >= 11 is 1.29. The number of amides is 2. The third-order valence-corrected chi connectivity index (χ3v) is 5.23. The summed E-state index contributed by atoms with van der Waals surface area (Å²) in [5.74, 6) is -1.38. The van der Waals surface area contributed by atoms with E-state index in [0.717, 1.165) is 4.90 Å². The van der Waals surface area contributed by atoms with Crippen LogP contribution >= 0.6 is 11.8 Å². The highest BCUT2D eigenvalue weighted by atomic mass is 32.2. The summed E-state index contributed by atoms with van der Waals surface area (Å²) in [6.45, 7) is -0.462. The second kappa shape index (κ2) is 7.91. The summed E-state index contributed by atoms with van der Waals surface area (Å²) in [5, 5.41) is 20.6. The lowest BCUT2D eigenvalue weighted by molar-refractivity contribution is -0.151. The number of nitrogens with zero attached hydrogens (tertiary/aromatic N) is 1. The lowest BCUT2D eigenvalue weighted by Gasteiger charge is -2.49. The summed E-state index contributed by atoms with van der Waals surface area (Å²) in [5.41, 5.74) is 2.55. The van der Waals surface area contributed by atoms with Gasteiger partial charge in [0.15, 0.2) is 0 Å². The van der Waals surface area contributed by atoms with Gasteiger partial charge in [0.25, 0.3) is 5.91 Å². The number of aliphatic hydroxyl groups is 1. The van der Waals surface area contributed by atoms with Crippen molar-refractivity contribution in [2.24, 2.45) is 0 Å². The van der Waals surface area contributed by atoms with Gasteiger partial charge in [-0.1, -0.05) is 0 Å². The van der Waals surface area contributed by atoms with Gasteiger partial charge in [-0.05, 0) is 17.7 Å².